The van der Waals surface area contributed by atoms with Crippen molar-refractivity contribution in [1.82, 2.24) is 4.90 Å². The number of nitrogens with zero attached hydrogens (tertiary/aromatic N) is 1. The Balaban J connectivity index is 1.77. The van der Waals surface area contributed by atoms with Gasteiger partial charge in [0.1, 0.15) is 12.4 Å². The van der Waals surface area contributed by atoms with Gasteiger partial charge in [0.2, 0.25) is 0 Å². The summed E-state index contributed by atoms with van der Waals surface area (Å²) in [4.78, 5) is 2.09. The lowest BCUT2D eigenvalue weighted by Gasteiger charge is -2.10. The van der Waals surface area contributed by atoms with Crippen LogP contribution in [0, 0.1) is 0 Å². The highest BCUT2D eigenvalue weighted by atomic mass is 16.6. The minimum Gasteiger partial charge on any atom is -0.491 e. The number of aryl methyl sites for hydroxylation is 1. The van der Waals surface area contributed by atoms with Crippen molar-refractivity contribution in [2.75, 3.05) is 107 Å². The van der Waals surface area contributed by atoms with Crippen LogP contribution in [0.5, 0.6) is 5.75 Å². The van der Waals surface area contributed by atoms with Crippen LogP contribution < -0.4 is 4.74 Å². The first kappa shape index (κ1) is 34.8. The third-order valence-corrected chi connectivity index (χ3v) is 5.78. The molecular formula is C30H55NO7. The summed E-state index contributed by atoms with van der Waals surface area (Å²) in [6.07, 6.45) is 9.14. The Kier molecular flexibility index (Phi) is 25.0. The maximum absolute atomic E-state index is 5.76. The summed E-state index contributed by atoms with van der Waals surface area (Å²) in [5.41, 5.74) is 1.38. The first-order chi connectivity index (χ1) is 18.7. The van der Waals surface area contributed by atoms with Gasteiger partial charge in [-0.1, -0.05) is 51.2 Å². The van der Waals surface area contributed by atoms with Crippen LogP contribution in [-0.4, -0.2) is 111 Å². The van der Waals surface area contributed by atoms with Crippen LogP contribution in [0.3, 0.4) is 0 Å². The Morgan fingerprint density at radius 2 is 0.921 bits per heavy atom. The molecular weight excluding hydrogens is 486 g/mol. The van der Waals surface area contributed by atoms with E-state index in [1.54, 1.807) is 0 Å². The van der Waals surface area contributed by atoms with E-state index in [1.807, 2.05) is 14.1 Å². The van der Waals surface area contributed by atoms with Gasteiger partial charge in [-0.25, -0.2) is 0 Å². The quantitative estimate of drug-likeness (QED) is 0.136. The van der Waals surface area contributed by atoms with E-state index in [1.165, 1.54) is 44.1 Å². The summed E-state index contributed by atoms with van der Waals surface area (Å²) in [5, 5.41) is 0. The second-order valence-corrected chi connectivity index (χ2v) is 9.49. The van der Waals surface area contributed by atoms with Gasteiger partial charge < -0.3 is 38.1 Å². The number of hydrogen-bond acceptors (Lipinski definition) is 8. The maximum Gasteiger partial charge on any atom is 0.119 e. The van der Waals surface area contributed by atoms with E-state index in [9.17, 15) is 0 Å². The highest BCUT2D eigenvalue weighted by molar-refractivity contribution is 5.27. The molecule has 0 aliphatic heterocycles. The Morgan fingerprint density at radius 1 is 0.500 bits per heavy atom. The van der Waals surface area contributed by atoms with Crippen LogP contribution in [0.15, 0.2) is 24.3 Å². The van der Waals surface area contributed by atoms with Crippen LogP contribution in [0.2, 0.25) is 0 Å². The standard InChI is InChI=1S/C30H55NO7/c1-4-5-6-7-8-9-10-29-11-13-30(14-12-29)38-28-27-37-26-25-36-24-23-35-22-21-34-20-19-33-18-17-32-16-15-31(2)3/h11-14H,4-10,15-28H2,1-3H3. The molecule has 0 amide bonds. The van der Waals surface area contributed by atoms with E-state index in [0.717, 1.165) is 25.3 Å². The lowest BCUT2D eigenvalue weighted by Crippen LogP contribution is -2.19. The predicted molar refractivity (Wildman–Crippen MR) is 152 cm³/mol. The minimum atomic E-state index is 0.537. The molecule has 0 aliphatic rings. The summed E-state index contributed by atoms with van der Waals surface area (Å²) in [5.74, 6) is 0.894. The van der Waals surface area contributed by atoms with Gasteiger partial charge >= 0.3 is 0 Å². The Labute approximate surface area is 232 Å². The predicted octanol–water partition coefficient (Wildman–Crippen LogP) is 4.63. The van der Waals surface area contributed by atoms with Gasteiger partial charge in [-0.15, -0.1) is 0 Å². The van der Waals surface area contributed by atoms with Crippen molar-refractivity contribution in [1.29, 1.82) is 0 Å². The summed E-state index contributed by atoms with van der Waals surface area (Å²) >= 11 is 0. The van der Waals surface area contributed by atoms with Gasteiger partial charge in [0.25, 0.3) is 0 Å². The number of likely N-dealkylation sites (N-methyl/N-ethyl adjacent to an activating group) is 1. The molecule has 38 heavy (non-hydrogen) atoms. The molecule has 1 aromatic carbocycles. The van der Waals surface area contributed by atoms with Crippen molar-refractivity contribution < 1.29 is 33.2 Å². The second-order valence-electron chi connectivity index (χ2n) is 9.49. The summed E-state index contributed by atoms with van der Waals surface area (Å²) in [7, 11) is 4.05. The van der Waals surface area contributed by atoms with Crippen LogP contribution in [0.1, 0.15) is 51.0 Å². The zero-order valence-corrected chi connectivity index (χ0v) is 24.5. The van der Waals surface area contributed by atoms with Crippen LogP contribution in [0.4, 0.5) is 0 Å². The third-order valence-electron chi connectivity index (χ3n) is 5.78. The van der Waals surface area contributed by atoms with Crippen LogP contribution >= 0.6 is 0 Å². The highest BCUT2D eigenvalue weighted by Crippen LogP contribution is 2.15. The van der Waals surface area contributed by atoms with Crippen molar-refractivity contribution in [3.05, 3.63) is 29.8 Å². The topological polar surface area (TPSA) is 67.9 Å². The van der Waals surface area contributed by atoms with E-state index in [-0.39, 0.29) is 0 Å². The lowest BCUT2D eigenvalue weighted by molar-refractivity contribution is -0.0181. The molecule has 1 aromatic rings. The molecule has 0 fully saturated rings. The fourth-order valence-electron chi connectivity index (χ4n) is 3.53. The molecule has 0 saturated heterocycles. The molecule has 8 nitrogen and oxygen atoms in total. The summed E-state index contributed by atoms with van der Waals surface area (Å²) < 4.78 is 38.7. The molecule has 0 saturated carbocycles. The molecule has 8 heteroatoms. The Bertz CT molecular complexity index is 601. The van der Waals surface area contributed by atoms with Crippen molar-refractivity contribution >= 4 is 0 Å². The van der Waals surface area contributed by atoms with Gasteiger partial charge in [0, 0.05) is 6.54 Å². The Morgan fingerprint density at radius 3 is 1.39 bits per heavy atom. The van der Waals surface area contributed by atoms with Crippen LogP contribution in [0.25, 0.3) is 0 Å². The van der Waals surface area contributed by atoms with Gasteiger partial charge in [0.15, 0.2) is 0 Å². The van der Waals surface area contributed by atoms with E-state index < -0.39 is 0 Å². The molecule has 0 N–H and O–H groups in total. The number of ether oxygens (including phenoxy) is 7. The zero-order valence-electron chi connectivity index (χ0n) is 24.5. The molecule has 0 atom stereocenters. The van der Waals surface area contributed by atoms with Gasteiger partial charge in [-0.05, 0) is 44.6 Å². The third kappa shape index (κ3) is 23.8. The van der Waals surface area contributed by atoms with E-state index in [4.69, 9.17) is 33.2 Å². The van der Waals surface area contributed by atoms with Gasteiger partial charge in [0.05, 0.1) is 79.3 Å². The second kappa shape index (κ2) is 27.3. The lowest BCUT2D eigenvalue weighted by atomic mass is 10.0. The number of rotatable bonds is 29. The van der Waals surface area contributed by atoms with Gasteiger partial charge in [-0.3, -0.25) is 0 Å². The Hall–Kier alpha value is -1.26. The molecule has 1 rings (SSSR count). The maximum atomic E-state index is 5.76. The van der Waals surface area contributed by atoms with E-state index >= 15 is 0 Å². The van der Waals surface area contributed by atoms with Crippen molar-refractivity contribution in [3.8, 4) is 5.75 Å². The monoisotopic (exact) mass is 541 g/mol. The summed E-state index contributed by atoms with van der Waals surface area (Å²) in [6.45, 7) is 10.6. The first-order valence-electron chi connectivity index (χ1n) is 14.5. The van der Waals surface area contributed by atoms with E-state index in [2.05, 4.69) is 36.1 Å². The first-order valence-corrected chi connectivity index (χ1v) is 14.5. The smallest absolute Gasteiger partial charge is 0.119 e. The number of benzene rings is 1. The number of hydrogen-bond donors (Lipinski definition) is 0. The molecule has 0 radical (unpaired) electrons. The molecule has 0 unspecified atom stereocenters. The van der Waals surface area contributed by atoms with Crippen LogP contribution in [-0.2, 0) is 34.8 Å². The normalized spacial score (nSPS) is 11.5. The summed E-state index contributed by atoms with van der Waals surface area (Å²) in [6, 6.07) is 8.45. The molecule has 0 aromatic heterocycles. The fraction of sp³-hybridized carbons (Fsp3) is 0.800. The SMILES string of the molecule is CCCCCCCCc1ccc(OCCOCCOCCOCCOCCOCCOCCN(C)C)cc1. The highest BCUT2D eigenvalue weighted by Gasteiger charge is 1.98. The van der Waals surface area contributed by atoms with E-state index in [0.29, 0.717) is 79.3 Å². The molecule has 0 heterocycles. The average Bonchev–Trinajstić information content (AvgIpc) is 2.92. The van der Waals surface area contributed by atoms with Crippen molar-refractivity contribution in [3.63, 3.8) is 0 Å². The number of unbranched alkanes of at least 4 members (excludes halogenated alkanes) is 5. The molecule has 0 aliphatic carbocycles. The molecule has 0 bridgehead atoms. The average molecular weight is 542 g/mol. The molecule has 0 spiro atoms. The van der Waals surface area contributed by atoms with Crippen molar-refractivity contribution in [2.24, 2.45) is 0 Å². The minimum absolute atomic E-state index is 0.537. The van der Waals surface area contributed by atoms with Gasteiger partial charge in [-0.2, -0.15) is 0 Å². The molecule has 222 valence electrons. The zero-order chi connectivity index (χ0) is 27.4. The largest absolute Gasteiger partial charge is 0.491 e. The van der Waals surface area contributed by atoms with Crippen molar-refractivity contribution in [2.45, 2.75) is 51.9 Å². The fourth-order valence-corrected chi connectivity index (χ4v) is 3.53.